The van der Waals surface area contributed by atoms with Crippen LogP contribution in [-0.2, 0) is 14.2 Å². The molecule has 0 rings (SSSR count). The summed E-state index contributed by atoms with van der Waals surface area (Å²) in [5, 5.41) is 0. The third-order valence-corrected chi connectivity index (χ3v) is 0. The summed E-state index contributed by atoms with van der Waals surface area (Å²) in [6, 6.07) is 0. The average molecular weight is 209 g/mol. The molecule has 0 aromatic rings. The summed E-state index contributed by atoms with van der Waals surface area (Å²) in [6.07, 6.45) is 0. The van der Waals surface area contributed by atoms with Gasteiger partial charge in [-0.1, -0.05) is 0 Å². The second kappa shape index (κ2) is 16.5. The van der Waals surface area contributed by atoms with Crippen molar-refractivity contribution in [3.05, 3.63) is 0 Å². The molecule has 0 atom stereocenters. The van der Waals surface area contributed by atoms with E-state index in [0.29, 0.717) is 0 Å². The van der Waals surface area contributed by atoms with Gasteiger partial charge >= 0.3 is 33.8 Å². The van der Waals surface area contributed by atoms with E-state index in [1.54, 1.807) is 0 Å². The molecule has 0 aliphatic heterocycles. The van der Waals surface area contributed by atoms with Crippen molar-refractivity contribution < 1.29 is 25.5 Å². The Labute approximate surface area is 70.4 Å². The van der Waals surface area contributed by atoms with E-state index < -0.39 is 25.9 Å². The third kappa shape index (κ3) is 44500. The molecule has 0 fully saturated rings. The van der Waals surface area contributed by atoms with Gasteiger partial charge in [0.1, 0.15) is 0 Å². The second-order valence-electron chi connectivity index (χ2n) is 0.553. The van der Waals surface area contributed by atoms with Crippen molar-refractivity contribution in [2.24, 2.45) is 0 Å². The molecule has 0 unspecified atom stereocenters. The van der Waals surface area contributed by atoms with Crippen molar-refractivity contribution in [2.75, 3.05) is 0 Å². The van der Waals surface area contributed by atoms with Crippen LogP contribution in [0.4, 0.5) is 0 Å². The van der Waals surface area contributed by atoms with Crippen LogP contribution in [0.5, 0.6) is 0 Å². The minimum absolute atomic E-state index is 0. The zero-order valence-electron chi connectivity index (χ0n) is 5.67. The van der Waals surface area contributed by atoms with Crippen LogP contribution in [-0.4, -0.2) is 37.2 Å². The normalized spacial score (nSPS) is 6.00. The van der Waals surface area contributed by atoms with Crippen LogP contribution in [0.3, 0.4) is 0 Å². The van der Waals surface area contributed by atoms with Gasteiger partial charge in [0.2, 0.25) is 0 Å². The third-order valence-electron chi connectivity index (χ3n) is 0. The topological polar surface area (TPSA) is 217 Å². The Morgan fingerprint density at radius 2 is 1.00 bits per heavy atom. The van der Waals surface area contributed by atoms with Gasteiger partial charge in [-0.2, -0.15) is 8.42 Å². The maximum absolute atomic E-state index is 8.74. The van der Waals surface area contributed by atoms with Crippen LogP contribution in [0, 0.1) is 0 Å². The molecule has 0 aromatic carbocycles. The van der Waals surface area contributed by atoms with Gasteiger partial charge in [-0.25, -0.2) is 0 Å². The molecule has 0 radical (unpaired) electrons. The molecule has 11 heteroatoms. The second-order valence-corrected chi connectivity index (χ2v) is 1.66. The van der Waals surface area contributed by atoms with Crippen molar-refractivity contribution in [3.8, 4) is 0 Å². The van der Waals surface area contributed by atoms with Crippen LogP contribution >= 0.6 is 0 Å². The van der Waals surface area contributed by atoms with Crippen molar-refractivity contribution in [3.63, 3.8) is 0 Å². The molecular formula is H12AlN3O6S. The van der Waals surface area contributed by atoms with Crippen molar-refractivity contribution in [1.29, 1.82) is 0 Å². The summed E-state index contributed by atoms with van der Waals surface area (Å²) < 4.78 is 47.2. The summed E-state index contributed by atoms with van der Waals surface area (Å²) in [5.74, 6) is 0. The molecule has 0 aliphatic carbocycles. The molecule has 0 amide bonds. The Balaban J connectivity index is -0.0000000183. The van der Waals surface area contributed by atoms with E-state index >= 15 is 0 Å². The van der Waals surface area contributed by atoms with E-state index in [2.05, 4.69) is 0 Å². The summed E-state index contributed by atoms with van der Waals surface area (Å²) >= 11 is -1.50. The number of hydrogen-bond acceptors (Lipinski definition) is 6. The minimum atomic E-state index is -4.67. The summed E-state index contributed by atoms with van der Waals surface area (Å²) in [6.45, 7) is 0. The van der Waals surface area contributed by atoms with E-state index in [1.807, 2.05) is 0 Å². The van der Waals surface area contributed by atoms with E-state index in [-0.39, 0.29) is 18.5 Å². The monoisotopic (exact) mass is 209 g/mol. The Morgan fingerprint density at radius 1 is 1.00 bits per heavy atom. The van der Waals surface area contributed by atoms with Crippen LogP contribution in [0.15, 0.2) is 0 Å². The predicted molar refractivity (Wildman–Crippen MR) is 37.9 cm³/mol. The molecule has 0 saturated carbocycles. The van der Waals surface area contributed by atoms with Crippen molar-refractivity contribution in [1.82, 2.24) is 18.5 Å². The standard InChI is InChI=1S/Al.3H3N.H2O4S.H2O.O/c;;;;1-5(2,3)4;;/h;3*1H3;(H2,1,2,3,4);1H2;/q+1;;;;;;/p-1. The fourth-order valence-corrected chi connectivity index (χ4v) is 0. The number of hydrogen-bond donors (Lipinski definition) is 6. The molecule has 0 heterocycles. The molecule has 12 N–H and O–H groups in total. The van der Waals surface area contributed by atoms with Gasteiger partial charge in [0, 0.05) is 0 Å². The molecule has 9 nitrogen and oxygen atoms in total. The SMILES string of the molecule is N.N.N.O=S(=O)(O)O.[O]=[Al][OH]. The number of rotatable bonds is 0. The van der Waals surface area contributed by atoms with Gasteiger partial charge in [-0.15, -0.1) is 0 Å². The summed E-state index contributed by atoms with van der Waals surface area (Å²) in [4.78, 5) is 0. The van der Waals surface area contributed by atoms with Crippen LogP contribution in [0.2, 0.25) is 0 Å². The van der Waals surface area contributed by atoms with E-state index in [0.717, 1.165) is 0 Å². The van der Waals surface area contributed by atoms with Crippen molar-refractivity contribution in [2.45, 2.75) is 0 Å². The van der Waals surface area contributed by atoms with Crippen LogP contribution < -0.4 is 18.5 Å². The molecule has 0 aliphatic rings. The molecule has 0 spiro atoms. The quantitative estimate of drug-likeness (QED) is 0.207. The van der Waals surface area contributed by atoms with Gasteiger partial charge in [0.25, 0.3) is 0 Å². The maximum atomic E-state index is 8.74. The van der Waals surface area contributed by atoms with E-state index in [9.17, 15) is 0 Å². The molecule has 0 saturated heterocycles. The van der Waals surface area contributed by atoms with E-state index in [1.165, 1.54) is 0 Å². The molecule has 0 bridgehead atoms. The predicted octanol–water partition coefficient (Wildman–Crippen LogP) is -1.22. The Hall–Kier alpha value is -0.118. The Bertz CT molecular complexity index is 132. The molecule has 0 aromatic heterocycles. The molecule has 72 valence electrons. The van der Waals surface area contributed by atoms with Gasteiger partial charge in [0.15, 0.2) is 0 Å². The first-order valence-corrected chi connectivity index (χ1v) is 3.58. The van der Waals surface area contributed by atoms with Crippen LogP contribution in [0.1, 0.15) is 0 Å². The van der Waals surface area contributed by atoms with Crippen LogP contribution in [0.25, 0.3) is 0 Å². The first kappa shape index (κ1) is 30.7. The Morgan fingerprint density at radius 3 is 1.00 bits per heavy atom. The fourth-order valence-electron chi connectivity index (χ4n) is 0. The zero-order valence-corrected chi connectivity index (χ0v) is 7.64. The van der Waals surface area contributed by atoms with Crippen molar-refractivity contribution >= 4 is 25.9 Å². The van der Waals surface area contributed by atoms with Gasteiger partial charge in [-0.3, -0.25) is 9.11 Å². The summed E-state index contributed by atoms with van der Waals surface area (Å²) in [7, 11) is -4.67. The Kier molecular flexibility index (Phi) is 46.0. The van der Waals surface area contributed by atoms with E-state index in [4.69, 9.17) is 25.5 Å². The fraction of sp³-hybridized carbons (Fsp3) is 0. The molecule has 11 heavy (non-hydrogen) atoms. The first-order chi connectivity index (χ1) is 3.41. The summed E-state index contributed by atoms with van der Waals surface area (Å²) in [5.41, 5.74) is 0. The zero-order chi connectivity index (χ0) is 7.21. The van der Waals surface area contributed by atoms with Gasteiger partial charge in [0.05, 0.1) is 0 Å². The van der Waals surface area contributed by atoms with Gasteiger partial charge in [-0.05, 0) is 0 Å². The van der Waals surface area contributed by atoms with Gasteiger partial charge < -0.3 is 18.5 Å². The molecular weight excluding hydrogens is 197 g/mol. The average Bonchev–Trinajstić information content (AvgIpc) is 1.27. The first-order valence-electron chi connectivity index (χ1n) is 1.19.